The second-order valence-corrected chi connectivity index (χ2v) is 7.34. The highest BCUT2D eigenvalue weighted by Crippen LogP contribution is 2.35. The molecule has 0 N–H and O–H groups in total. The molecule has 3 heterocycles. The number of rotatable bonds is 1. The lowest BCUT2D eigenvalue weighted by atomic mass is 9.91. The molecule has 27 heavy (non-hydrogen) atoms. The van der Waals surface area contributed by atoms with Crippen LogP contribution in [0.3, 0.4) is 0 Å². The van der Waals surface area contributed by atoms with Crippen molar-refractivity contribution in [2.75, 3.05) is 19.6 Å². The molecule has 0 unspecified atom stereocenters. The molecule has 2 aliphatic heterocycles. The minimum Gasteiger partial charge on any atom is -0.483 e. The molecule has 6 nitrogen and oxygen atoms in total. The van der Waals surface area contributed by atoms with Gasteiger partial charge in [-0.2, -0.15) is 0 Å². The van der Waals surface area contributed by atoms with Crippen molar-refractivity contribution in [2.45, 2.75) is 31.9 Å². The summed E-state index contributed by atoms with van der Waals surface area (Å²) in [6, 6.07) is 11.4. The number of carbonyl (C=O) groups excluding carboxylic acids is 2. The van der Waals surface area contributed by atoms with Gasteiger partial charge in [0.2, 0.25) is 5.91 Å². The number of benzene rings is 1. The van der Waals surface area contributed by atoms with Crippen molar-refractivity contribution in [1.29, 1.82) is 0 Å². The lowest BCUT2D eigenvalue weighted by molar-refractivity contribution is -0.132. The number of nitrogens with zero attached hydrogens (tertiary/aromatic N) is 3. The van der Waals surface area contributed by atoms with Crippen LogP contribution in [0.1, 0.15) is 35.7 Å². The minimum absolute atomic E-state index is 0.0189. The number of aromatic nitrogens is 1. The van der Waals surface area contributed by atoms with Gasteiger partial charge in [-0.05, 0) is 31.0 Å². The highest BCUT2D eigenvalue weighted by atomic mass is 16.5. The molecule has 4 rings (SSSR count). The Hall–Kier alpha value is -2.89. The molecule has 1 fully saturated rings. The van der Waals surface area contributed by atoms with E-state index in [1.54, 1.807) is 31.5 Å². The van der Waals surface area contributed by atoms with Gasteiger partial charge in [0, 0.05) is 38.0 Å². The Morgan fingerprint density at radius 3 is 2.70 bits per heavy atom. The van der Waals surface area contributed by atoms with E-state index in [4.69, 9.17) is 4.74 Å². The van der Waals surface area contributed by atoms with Crippen molar-refractivity contribution in [3.05, 3.63) is 59.9 Å². The van der Waals surface area contributed by atoms with Crippen molar-refractivity contribution >= 4 is 11.8 Å². The van der Waals surface area contributed by atoms with Crippen LogP contribution in [0.4, 0.5) is 0 Å². The Bertz CT molecular complexity index is 855. The SMILES string of the molecule is CC(=O)N1Cc2ccccc2O[C@@]2(CCCN(C(=O)c3cccnc3)C2)C1. The molecule has 6 heteroatoms. The predicted octanol–water partition coefficient (Wildman–Crippen LogP) is 2.50. The highest BCUT2D eigenvalue weighted by molar-refractivity contribution is 5.94. The van der Waals surface area contributed by atoms with Crippen LogP contribution in [0.15, 0.2) is 48.8 Å². The van der Waals surface area contributed by atoms with Crippen LogP contribution in [-0.2, 0) is 11.3 Å². The second kappa shape index (κ2) is 7.02. The van der Waals surface area contributed by atoms with Crippen LogP contribution in [0.5, 0.6) is 5.75 Å². The van der Waals surface area contributed by atoms with E-state index in [1.165, 1.54) is 0 Å². The quantitative estimate of drug-likeness (QED) is 0.779. The Balaban J connectivity index is 1.64. The molecular weight excluding hydrogens is 342 g/mol. The molecule has 1 atom stereocenters. The van der Waals surface area contributed by atoms with Gasteiger partial charge in [-0.3, -0.25) is 14.6 Å². The first-order chi connectivity index (χ1) is 13.1. The maximum absolute atomic E-state index is 12.9. The molecule has 1 saturated heterocycles. The summed E-state index contributed by atoms with van der Waals surface area (Å²) in [5, 5.41) is 0. The Labute approximate surface area is 158 Å². The first-order valence-electron chi connectivity index (χ1n) is 9.28. The summed E-state index contributed by atoms with van der Waals surface area (Å²) in [5.41, 5.74) is 0.987. The molecule has 1 spiro atoms. The van der Waals surface area contributed by atoms with Crippen LogP contribution >= 0.6 is 0 Å². The maximum Gasteiger partial charge on any atom is 0.255 e. The van der Waals surface area contributed by atoms with Crippen LogP contribution < -0.4 is 4.74 Å². The van der Waals surface area contributed by atoms with Gasteiger partial charge in [-0.1, -0.05) is 18.2 Å². The van der Waals surface area contributed by atoms with Gasteiger partial charge in [0.25, 0.3) is 5.91 Å². The van der Waals surface area contributed by atoms with Crippen LogP contribution in [0.25, 0.3) is 0 Å². The number of hydrogen-bond donors (Lipinski definition) is 0. The van der Waals surface area contributed by atoms with Gasteiger partial charge >= 0.3 is 0 Å². The van der Waals surface area contributed by atoms with Crippen LogP contribution in [0.2, 0.25) is 0 Å². The third-order valence-electron chi connectivity index (χ3n) is 5.32. The Kier molecular flexibility index (Phi) is 4.56. The number of para-hydroxylation sites is 1. The van der Waals surface area contributed by atoms with Crippen LogP contribution in [-0.4, -0.2) is 51.8 Å². The number of amides is 2. The smallest absolute Gasteiger partial charge is 0.255 e. The average Bonchev–Trinajstić information content (AvgIpc) is 2.84. The molecule has 140 valence electrons. The van der Waals surface area contributed by atoms with Gasteiger partial charge in [0.05, 0.1) is 18.7 Å². The molecule has 2 aromatic rings. The van der Waals surface area contributed by atoms with Crippen molar-refractivity contribution in [3.63, 3.8) is 0 Å². The first-order valence-corrected chi connectivity index (χ1v) is 9.28. The summed E-state index contributed by atoms with van der Waals surface area (Å²) in [6.07, 6.45) is 4.89. The third-order valence-corrected chi connectivity index (χ3v) is 5.32. The van der Waals surface area contributed by atoms with E-state index in [1.807, 2.05) is 34.1 Å². The van der Waals surface area contributed by atoms with Gasteiger partial charge in [0.1, 0.15) is 11.4 Å². The lowest BCUT2D eigenvalue weighted by Gasteiger charge is -2.43. The Morgan fingerprint density at radius 2 is 1.93 bits per heavy atom. The van der Waals surface area contributed by atoms with E-state index in [0.717, 1.165) is 24.2 Å². The first kappa shape index (κ1) is 17.5. The normalized spacial score (nSPS) is 22.0. The fourth-order valence-corrected chi connectivity index (χ4v) is 3.99. The summed E-state index contributed by atoms with van der Waals surface area (Å²) < 4.78 is 6.48. The molecule has 0 bridgehead atoms. The van der Waals surface area contributed by atoms with Gasteiger partial charge in [-0.25, -0.2) is 0 Å². The number of carbonyl (C=O) groups is 2. The minimum atomic E-state index is -0.589. The number of ether oxygens (including phenoxy) is 1. The fourth-order valence-electron chi connectivity index (χ4n) is 3.99. The third kappa shape index (κ3) is 3.52. The van der Waals surface area contributed by atoms with Crippen molar-refractivity contribution in [3.8, 4) is 5.75 Å². The number of piperidine rings is 1. The second-order valence-electron chi connectivity index (χ2n) is 7.34. The summed E-state index contributed by atoms with van der Waals surface area (Å²) >= 11 is 0. The highest BCUT2D eigenvalue weighted by Gasteiger charge is 2.43. The average molecular weight is 365 g/mol. The zero-order chi connectivity index (χ0) is 18.9. The largest absolute Gasteiger partial charge is 0.483 e. The van der Waals surface area contributed by atoms with Crippen molar-refractivity contribution in [2.24, 2.45) is 0 Å². The summed E-state index contributed by atoms with van der Waals surface area (Å²) in [7, 11) is 0. The summed E-state index contributed by atoms with van der Waals surface area (Å²) in [5.74, 6) is 0.778. The fraction of sp³-hybridized carbons (Fsp3) is 0.381. The van der Waals surface area contributed by atoms with Crippen molar-refractivity contribution in [1.82, 2.24) is 14.8 Å². The topological polar surface area (TPSA) is 62.7 Å². The van der Waals surface area contributed by atoms with E-state index in [2.05, 4.69) is 4.98 Å². The number of pyridine rings is 1. The van der Waals surface area contributed by atoms with Gasteiger partial charge in [-0.15, -0.1) is 0 Å². The Morgan fingerprint density at radius 1 is 1.11 bits per heavy atom. The van der Waals surface area contributed by atoms with E-state index in [0.29, 0.717) is 31.7 Å². The number of likely N-dealkylation sites (tertiary alicyclic amines) is 1. The summed E-state index contributed by atoms with van der Waals surface area (Å²) in [6.45, 7) is 3.74. The van der Waals surface area contributed by atoms with E-state index in [-0.39, 0.29) is 11.8 Å². The molecular formula is C21H23N3O3. The van der Waals surface area contributed by atoms with Gasteiger partial charge < -0.3 is 14.5 Å². The van der Waals surface area contributed by atoms with Crippen molar-refractivity contribution < 1.29 is 14.3 Å². The number of fused-ring (bicyclic) bond motifs is 1. The number of hydrogen-bond acceptors (Lipinski definition) is 4. The van der Waals surface area contributed by atoms with Gasteiger partial charge in [0.15, 0.2) is 0 Å². The molecule has 0 radical (unpaired) electrons. The van der Waals surface area contributed by atoms with E-state index >= 15 is 0 Å². The monoisotopic (exact) mass is 365 g/mol. The molecule has 1 aromatic carbocycles. The standard InChI is InChI=1S/C21H23N3O3/c1-16(25)24-13-18-6-2-3-8-19(18)27-21(15-24)9-5-11-23(14-21)20(26)17-7-4-10-22-12-17/h2-4,6-8,10,12H,5,9,11,13-15H2,1H3/t21-/m1/s1. The lowest BCUT2D eigenvalue weighted by Crippen LogP contribution is -2.58. The maximum atomic E-state index is 12.9. The predicted molar refractivity (Wildman–Crippen MR) is 100 cm³/mol. The van der Waals surface area contributed by atoms with E-state index < -0.39 is 5.60 Å². The zero-order valence-corrected chi connectivity index (χ0v) is 15.4. The zero-order valence-electron chi connectivity index (χ0n) is 15.4. The molecule has 0 saturated carbocycles. The van der Waals surface area contributed by atoms with Crippen LogP contribution in [0, 0.1) is 0 Å². The molecule has 0 aliphatic carbocycles. The molecule has 2 aliphatic rings. The van der Waals surface area contributed by atoms with E-state index in [9.17, 15) is 9.59 Å². The summed E-state index contributed by atoms with van der Waals surface area (Å²) in [4.78, 5) is 32.8. The molecule has 2 amide bonds. The molecule has 1 aromatic heterocycles.